The molecule has 26 heavy (non-hydrogen) atoms. The molecule has 0 unspecified atom stereocenters. The third-order valence-corrected chi connectivity index (χ3v) is 5.57. The Kier molecular flexibility index (Phi) is 7.92. The van der Waals surface area contributed by atoms with Crippen LogP contribution in [0.25, 0.3) is 0 Å². The number of nitrogens with one attached hydrogen (secondary N) is 2. The van der Waals surface area contributed by atoms with Gasteiger partial charge < -0.3 is 15.4 Å². The molecule has 1 aromatic carbocycles. The highest BCUT2D eigenvalue weighted by atomic mass is 16.5. The fraction of sp³-hybridized carbons (Fsp3) is 0.667. The van der Waals surface area contributed by atoms with Gasteiger partial charge >= 0.3 is 0 Å². The number of rotatable bonds is 8. The molecule has 5 heteroatoms. The van der Waals surface area contributed by atoms with Crippen molar-refractivity contribution in [2.75, 3.05) is 45.9 Å². The molecule has 2 aliphatic rings. The molecule has 2 N–H and O–H groups in total. The van der Waals surface area contributed by atoms with Gasteiger partial charge in [-0.05, 0) is 56.7 Å². The van der Waals surface area contributed by atoms with Crippen molar-refractivity contribution in [1.29, 1.82) is 0 Å². The maximum atomic E-state index is 12.5. The predicted molar refractivity (Wildman–Crippen MR) is 104 cm³/mol. The van der Waals surface area contributed by atoms with Crippen LogP contribution in [-0.4, -0.2) is 62.8 Å². The highest BCUT2D eigenvalue weighted by Crippen LogP contribution is 2.22. The van der Waals surface area contributed by atoms with Crippen molar-refractivity contribution in [2.24, 2.45) is 5.92 Å². The summed E-state index contributed by atoms with van der Waals surface area (Å²) in [5, 5.41) is 6.53. The van der Waals surface area contributed by atoms with Crippen LogP contribution < -0.4 is 10.6 Å². The van der Waals surface area contributed by atoms with E-state index in [9.17, 15) is 4.79 Å². The Balaban J connectivity index is 1.32. The topological polar surface area (TPSA) is 53.6 Å². The first-order chi connectivity index (χ1) is 12.8. The summed E-state index contributed by atoms with van der Waals surface area (Å²) in [7, 11) is 0. The Morgan fingerprint density at radius 1 is 1.23 bits per heavy atom. The number of piperidine rings is 1. The Morgan fingerprint density at radius 3 is 2.85 bits per heavy atom. The molecular formula is C21H33N3O2. The Labute approximate surface area is 157 Å². The molecule has 0 aliphatic carbocycles. The molecule has 2 aliphatic heterocycles. The summed E-state index contributed by atoms with van der Waals surface area (Å²) in [6.45, 7) is 6.46. The van der Waals surface area contributed by atoms with E-state index in [1.54, 1.807) is 0 Å². The van der Waals surface area contributed by atoms with Gasteiger partial charge in [0.05, 0.1) is 19.3 Å². The molecule has 1 amide bonds. The lowest BCUT2D eigenvalue weighted by Crippen LogP contribution is -2.49. The fourth-order valence-electron chi connectivity index (χ4n) is 3.94. The van der Waals surface area contributed by atoms with E-state index in [2.05, 4.69) is 45.9 Å². The van der Waals surface area contributed by atoms with E-state index in [-0.39, 0.29) is 11.9 Å². The van der Waals surface area contributed by atoms with Gasteiger partial charge in [-0.1, -0.05) is 30.3 Å². The number of amides is 1. The largest absolute Gasteiger partial charge is 0.379 e. The van der Waals surface area contributed by atoms with Crippen molar-refractivity contribution in [2.45, 2.75) is 38.1 Å². The van der Waals surface area contributed by atoms with Gasteiger partial charge in [0.1, 0.15) is 0 Å². The summed E-state index contributed by atoms with van der Waals surface area (Å²) in [5.74, 6) is 0.817. The molecule has 2 fully saturated rings. The van der Waals surface area contributed by atoms with E-state index < -0.39 is 0 Å². The highest BCUT2D eigenvalue weighted by molar-refractivity contribution is 5.81. The molecule has 2 atom stereocenters. The number of ether oxygens (including phenoxy) is 1. The van der Waals surface area contributed by atoms with Crippen LogP contribution >= 0.6 is 0 Å². The van der Waals surface area contributed by atoms with Gasteiger partial charge in [-0.15, -0.1) is 0 Å². The molecule has 0 aromatic heterocycles. The second-order valence-electron chi connectivity index (χ2n) is 7.52. The molecule has 144 valence electrons. The molecule has 2 saturated heterocycles. The number of hydrogen-bond donors (Lipinski definition) is 2. The van der Waals surface area contributed by atoms with Gasteiger partial charge in [0.15, 0.2) is 0 Å². The fourth-order valence-corrected chi connectivity index (χ4v) is 3.94. The van der Waals surface area contributed by atoms with Crippen LogP contribution in [0.15, 0.2) is 30.3 Å². The standard InChI is InChI=1S/C21H33N3O2/c25-21(23-10-4-12-24-13-15-26-16-14-24)20-17-19(9-11-22-20)8-7-18-5-2-1-3-6-18/h1-3,5-6,19-20,22H,4,7-17H2,(H,23,25)/t19-,20+/m1/s1. The van der Waals surface area contributed by atoms with Crippen molar-refractivity contribution in [1.82, 2.24) is 15.5 Å². The normalized spacial score (nSPS) is 24.3. The minimum Gasteiger partial charge on any atom is -0.379 e. The molecule has 3 rings (SSSR count). The smallest absolute Gasteiger partial charge is 0.237 e. The first-order valence-electron chi connectivity index (χ1n) is 10.2. The van der Waals surface area contributed by atoms with Crippen LogP contribution in [0.5, 0.6) is 0 Å². The first kappa shape index (κ1) is 19.3. The number of morpholine rings is 1. The van der Waals surface area contributed by atoms with Crippen molar-refractivity contribution in [3.05, 3.63) is 35.9 Å². The molecule has 0 saturated carbocycles. The lowest BCUT2D eigenvalue weighted by molar-refractivity contribution is -0.124. The number of hydrogen-bond acceptors (Lipinski definition) is 4. The van der Waals surface area contributed by atoms with Gasteiger partial charge in [-0.25, -0.2) is 0 Å². The third kappa shape index (κ3) is 6.38. The van der Waals surface area contributed by atoms with E-state index in [4.69, 9.17) is 4.74 Å². The first-order valence-corrected chi connectivity index (χ1v) is 10.2. The maximum Gasteiger partial charge on any atom is 0.237 e. The molecule has 0 radical (unpaired) electrons. The zero-order valence-corrected chi connectivity index (χ0v) is 15.8. The predicted octanol–water partition coefficient (Wildman–Crippen LogP) is 1.83. The lowest BCUT2D eigenvalue weighted by atomic mass is 9.87. The average molecular weight is 360 g/mol. The van der Waals surface area contributed by atoms with Crippen molar-refractivity contribution < 1.29 is 9.53 Å². The Morgan fingerprint density at radius 2 is 2.04 bits per heavy atom. The second-order valence-corrected chi connectivity index (χ2v) is 7.52. The number of nitrogens with zero attached hydrogens (tertiary/aromatic N) is 1. The molecule has 0 spiro atoms. The van der Waals surface area contributed by atoms with Crippen LogP contribution in [0.4, 0.5) is 0 Å². The highest BCUT2D eigenvalue weighted by Gasteiger charge is 2.26. The van der Waals surface area contributed by atoms with Crippen molar-refractivity contribution >= 4 is 5.91 Å². The number of carbonyl (C=O) groups excluding carboxylic acids is 1. The summed E-state index contributed by atoms with van der Waals surface area (Å²) in [4.78, 5) is 14.9. The zero-order valence-electron chi connectivity index (χ0n) is 15.8. The summed E-state index contributed by atoms with van der Waals surface area (Å²) < 4.78 is 5.36. The van der Waals surface area contributed by atoms with Crippen LogP contribution in [0.1, 0.15) is 31.2 Å². The van der Waals surface area contributed by atoms with E-state index in [1.807, 2.05) is 0 Å². The minimum absolute atomic E-state index is 0.0205. The Bertz CT molecular complexity index is 531. The van der Waals surface area contributed by atoms with Gasteiger partial charge in [0.25, 0.3) is 0 Å². The SMILES string of the molecule is O=C(NCCCN1CCOCC1)[C@@H]1C[C@H](CCc2ccccc2)CCN1. The van der Waals surface area contributed by atoms with Gasteiger partial charge in [-0.3, -0.25) is 9.69 Å². The molecule has 1 aromatic rings. The second kappa shape index (κ2) is 10.7. The molecule has 5 nitrogen and oxygen atoms in total. The minimum atomic E-state index is -0.0205. The molecule has 0 bridgehead atoms. The van der Waals surface area contributed by atoms with Gasteiger partial charge in [0.2, 0.25) is 5.91 Å². The monoisotopic (exact) mass is 359 g/mol. The number of carbonyl (C=O) groups is 1. The molecule has 2 heterocycles. The molecular weight excluding hydrogens is 326 g/mol. The van der Waals surface area contributed by atoms with Gasteiger partial charge in [0, 0.05) is 19.6 Å². The summed E-state index contributed by atoms with van der Waals surface area (Å²) in [5.41, 5.74) is 1.40. The van der Waals surface area contributed by atoms with E-state index >= 15 is 0 Å². The van der Waals surface area contributed by atoms with Crippen LogP contribution in [0.2, 0.25) is 0 Å². The van der Waals surface area contributed by atoms with Gasteiger partial charge in [-0.2, -0.15) is 0 Å². The Hall–Kier alpha value is -1.43. The van der Waals surface area contributed by atoms with E-state index in [1.165, 1.54) is 18.4 Å². The maximum absolute atomic E-state index is 12.5. The quantitative estimate of drug-likeness (QED) is 0.696. The lowest BCUT2D eigenvalue weighted by Gasteiger charge is -2.30. The summed E-state index contributed by atoms with van der Waals surface area (Å²) >= 11 is 0. The van der Waals surface area contributed by atoms with Crippen molar-refractivity contribution in [3.63, 3.8) is 0 Å². The summed E-state index contributed by atoms with van der Waals surface area (Å²) in [6.07, 6.45) is 5.43. The third-order valence-electron chi connectivity index (χ3n) is 5.57. The van der Waals surface area contributed by atoms with Crippen LogP contribution in [0.3, 0.4) is 0 Å². The van der Waals surface area contributed by atoms with Crippen LogP contribution in [0, 0.1) is 5.92 Å². The van der Waals surface area contributed by atoms with Crippen molar-refractivity contribution in [3.8, 4) is 0 Å². The number of aryl methyl sites for hydroxylation is 1. The van der Waals surface area contributed by atoms with Crippen LogP contribution in [-0.2, 0) is 16.0 Å². The average Bonchev–Trinajstić information content (AvgIpc) is 2.71. The zero-order chi connectivity index (χ0) is 18.0. The number of benzene rings is 1. The summed E-state index contributed by atoms with van der Waals surface area (Å²) in [6, 6.07) is 10.6. The van der Waals surface area contributed by atoms with E-state index in [0.29, 0.717) is 5.92 Å². The van der Waals surface area contributed by atoms with E-state index in [0.717, 1.165) is 65.2 Å².